The summed E-state index contributed by atoms with van der Waals surface area (Å²) in [4.78, 5) is 24.5. The lowest BCUT2D eigenvalue weighted by atomic mass is 9.70. The van der Waals surface area contributed by atoms with E-state index in [1.807, 2.05) is 24.3 Å². The molecule has 2 aromatic carbocycles. The van der Waals surface area contributed by atoms with Crippen LogP contribution in [0.4, 0.5) is 0 Å². The molecule has 1 heterocycles. The number of benzene rings is 2. The lowest BCUT2D eigenvalue weighted by Gasteiger charge is -2.54. The molecule has 36 heavy (non-hydrogen) atoms. The summed E-state index contributed by atoms with van der Waals surface area (Å²) in [6.07, 6.45) is 5.59. The van der Waals surface area contributed by atoms with Gasteiger partial charge in [0.15, 0.2) is 0 Å². The van der Waals surface area contributed by atoms with Crippen LogP contribution in [0.2, 0.25) is 0 Å². The highest BCUT2D eigenvalue weighted by Crippen LogP contribution is 2.46. The smallest absolute Gasteiger partial charge is 0.251 e. The molecule has 2 fully saturated rings. The first-order chi connectivity index (χ1) is 17.3. The molecule has 1 aliphatic heterocycles. The quantitative estimate of drug-likeness (QED) is 0.504. The number of sulfonamides is 1. The number of rotatable bonds is 9. The van der Waals surface area contributed by atoms with Gasteiger partial charge < -0.3 is 15.4 Å². The Morgan fingerprint density at radius 3 is 2.42 bits per heavy atom. The van der Waals surface area contributed by atoms with Gasteiger partial charge in [-0.25, -0.2) is 8.42 Å². The van der Waals surface area contributed by atoms with Gasteiger partial charge in [-0.05, 0) is 86.6 Å². The largest absolute Gasteiger partial charge is 0.497 e. The van der Waals surface area contributed by atoms with E-state index in [1.165, 1.54) is 18.2 Å². The number of ether oxygens (including phenoxy) is 1. The van der Waals surface area contributed by atoms with Crippen LogP contribution < -0.4 is 15.4 Å². The minimum absolute atomic E-state index is 0.0637. The number of methoxy groups -OCH3 is 1. The molecular formula is C27H33N3O5S. The molecule has 2 aromatic rings. The van der Waals surface area contributed by atoms with Crippen molar-refractivity contribution >= 4 is 21.8 Å². The second-order valence-electron chi connectivity index (χ2n) is 9.44. The molecule has 1 saturated carbocycles. The van der Waals surface area contributed by atoms with Crippen molar-refractivity contribution in [3.05, 3.63) is 72.3 Å². The summed E-state index contributed by atoms with van der Waals surface area (Å²) in [6.45, 7) is 4.30. The van der Waals surface area contributed by atoms with Gasteiger partial charge in [-0.3, -0.25) is 9.59 Å². The summed E-state index contributed by atoms with van der Waals surface area (Å²) >= 11 is 0. The van der Waals surface area contributed by atoms with Crippen molar-refractivity contribution in [2.45, 2.75) is 55.0 Å². The summed E-state index contributed by atoms with van der Waals surface area (Å²) in [7, 11) is -2.11. The fourth-order valence-electron chi connectivity index (χ4n) is 5.09. The predicted molar refractivity (Wildman–Crippen MR) is 137 cm³/mol. The molecule has 1 atom stereocenters. The molecule has 4 rings (SSSR count). The third-order valence-corrected chi connectivity index (χ3v) is 9.23. The zero-order chi connectivity index (χ0) is 25.8. The highest BCUT2D eigenvalue weighted by molar-refractivity contribution is 7.89. The standard InChI is InChI=1S/C27H33N3O5S/c1-3-25(31)29-22-14-18-30(27(19-22)15-4-16-27)36(33,34)24-11-7-21(8-12-24)26(32)28-17-13-20-5-9-23(35-2)10-6-20/h3,5-12,22H,1,4,13-19H2,2H3,(H,28,32)(H,29,31). The van der Waals surface area contributed by atoms with Crippen LogP contribution in [0.3, 0.4) is 0 Å². The topological polar surface area (TPSA) is 105 Å². The Kier molecular flexibility index (Phi) is 7.80. The fraction of sp³-hybridized carbons (Fsp3) is 0.407. The highest BCUT2D eigenvalue weighted by Gasteiger charge is 2.51. The van der Waals surface area contributed by atoms with Crippen molar-refractivity contribution in [2.75, 3.05) is 20.2 Å². The number of nitrogens with zero attached hydrogens (tertiary/aromatic N) is 1. The summed E-state index contributed by atoms with van der Waals surface area (Å²) in [5.41, 5.74) is 1.02. The van der Waals surface area contributed by atoms with E-state index in [0.717, 1.165) is 30.6 Å². The van der Waals surface area contributed by atoms with Crippen LogP contribution in [-0.4, -0.2) is 56.3 Å². The van der Waals surface area contributed by atoms with Crippen LogP contribution in [0.15, 0.2) is 66.1 Å². The number of amides is 2. The van der Waals surface area contributed by atoms with Gasteiger partial charge in [0.1, 0.15) is 5.75 Å². The Morgan fingerprint density at radius 1 is 1.14 bits per heavy atom. The minimum atomic E-state index is -3.73. The average molecular weight is 512 g/mol. The molecule has 8 nitrogen and oxygen atoms in total. The number of hydrogen-bond acceptors (Lipinski definition) is 5. The van der Waals surface area contributed by atoms with Crippen molar-refractivity contribution in [3.63, 3.8) is 0 Å². The molecule has 0 radical (unpaired) electrons. The maximum Gasteiger partial charge on any atom is 0.251 e. The van der Waals surface area contributed by atoms with Crippen molar-refractivity contribution in [3.8, 4) is 5.75 Å². The van der Waals surface area contributed by atoms with Gasteiger partial charge in [-0.1, -0.05) is 18.7 Å². The maximum absolute atomic E-state index is 13.5. The van der Waals surface area contributed by atoms with Gasteiger partial charge in [0, 0.05) is 30.2 Å². The van der Waals surface area contributed by atoms with Gasteiger partial charge >= 0.3 is 0 Å². The van der Waals surface area contributed by atoms with Gasteiger partial charge in [-0.15, -0.1) is 0 Å². The predicted octanol–water partition coefficient (Wildman–Crippen LogP) is 3.05. The van der Waals surface area contributed by atoms with Crippen LogP contribution in [0, 0.1) is 0 Å². The highest BCUT2D eigenvalue weighted by atomic mass is 32.2. The maximum atomic E-state index is 13.5. The van der Waals surface area contributed by atoms with Crippen LogP contribution in [-0.2, 0) is 21.2 Å². The zero-order valence-electron chi connectivity index (χ0n) is 20.5. The van der Waals surface area contributed by atoms with E-state index in [1.54, 1.807) is 23.5 Å². The molecule has 2 amide bonds. The van der Waals surface area contributed by atoms with Crippen molar-refractivity contribution in [2.24, 2.45) is 0 Å². The Bertz CT molecular complexity index is 1200. The zero-order valence-corrected chi connectivity index (χ0v) is 21.4. The first-order valence-corrected chi connectivity index (χ1v) is 13.7. The summed E-state index contributed by atoms with van der Waals surface area (Å²) < 4.78 is 33.9. The molecule has 1 aliphatic carbocycles. The van der Waals surface area contributed by atoms with E-state index >= 15 is 0 Å². The minimum Gasteiger partial charge on any atom is -0.497 e. The number of carbonyl (C=O) groups is 2. The van der Waals surface area contributed by atoms with Crippen molar-refractivity contribution in [1.29, 1.82) is 0 Å². The first kappa shape index (κ1) is 25.9. The number of piperidine rings is 1. The lowest BCUT2D eigenvalue weighted by molar-refractivity contribution is -0.117. The average Bonchev–Trinajstić information content (AvgIpc) is 2.87. The van der Waals surface area contributed by atoms with E-state index in [-0.39, 0.29) is 22.8 Å². The van der Waals surface area contributed by atoms with E-state index in [9.17, 15) is 18.0 Å². The SMILES string of the molecule is C=CC(=O)NC1CCN(S(=O)(=O)c2ccc(C(=O)NCCc3ccc(OC)cc3)cc2)C2(CCC2)C1. The molecule has 1 saturated heterocycles. The van der Waals surface area contributed by atoms with Gasteiger partial charge in [0.25, 0.3) is 5.91 Å². The molecule has 2 N–H and O–H groups in total. The summed E-state index contributed by atoms with van der Waals surface area (Å²) in [5.74, 6) is 0.301. The van der Waals surface area contributed by atoms with E-state index < -0.39 is 15.6 Å². The summed E-state index contributed by atoms with van der Waals surface area (Å²) in [6, 6.07) is 13.7. The second kappa shape index (κ2) is 10.8. The number of nitrogens with one attached hydrogen (secondary N) is 2. The number of hydrogen-bond donors (Lipinski definition) is 2. The molecule has 9 heteroatoms. The molecule has 1 spiro atoms. The van der Waals surface area contributed by atoms with Crippen molar-refractivity contribution in [1.82, 2.24) is 14.9 Å². The van der Waals surface area contributed by atoms with E-state index in [0.29, 0.717) is 37.9 Å². The van der Waals surface area contributed by atoms with Gasteiger partial charge in [0.2, 0.25) is 15.9 Å². The second-order valence-corrected chi connectivity index (χ2v) is 11.3. The van der Waals surface area contributed by atoms with Crippen LogP contribution in [0.25, 0.3) is 0 Å². The van der Waals surface area contributed by atoms with Gasteiger partial charge in [0.05, 0.1) is 12.0 Å². The third kappa shape index (κ3) is 5.47. The molecule has 2 aliphatic rings. The van der Waals surface area contributed by atoms with Crippen molar-refractivity contribution < 1.29 is 22.7 Å². The Morgan fingerprint density at radius 2 is 1.83 bits per heavy atom. The van der Waals surface area contributed by atoms with E-state index in [4.69, 9.17) is 4.74 Å². The molecule has 0 aromatic heterocycles. The monoisotopic (exact) mass is 511 g/mol. The fourth-order valence-corrected chi connectivity index (χ4v) is 6.94. The lowest BCUT2D eigenvalue weighted by Crippen LogP contribution is -2.63. The Hall–Kier alpha value is -3.17. The van der Waals surface area contributed by atoms with E-state index in [2.05, 4.69) is 17.2 Å². The molecule has 0 bridgehead atoms. The van der Waals surface area contributed by atoms with Crippen LogP contribution in [0.5, 0.6) is 5.75 Å². The summed E-state index contributed by atoms with van der Waals surface area (Å²) in [5, 5.41) is 5.81. The molecule has 192 valence electrons. The van der Waals surface area contributed by atoms with Crippen LogP contribution >= 0.6 is 0 Å². The van der Waals surface area contributed by atoms with Gasteiger partial charge in [-0.2, -0.15) is 4.31 Å². The Balaban J connectivity index is 1.38. The first-order valence-electron chi connectivity index (χ1n) is 12.2. The van der Waals surface area contributed by atoms with Crippen LogP contribution in [0.1, 0.15) is 48.0 Å². The third-order valence-electron chi connectivity index (χ3n) is 7.21. The Labute approximate surface area is 212 Å². The molecule has 1 unspecified atom stereocenters. The molecular weight excluding hydrogens is 478 g/mol. The normalized spacial score (nSPS) is 19.2. The number of carbonyl (C=O) groups excluding carboxylic acids is 2.